The van der Waals surface area contributed by atoms with Crippen molar-refractivity contribution in [3.8, 4) is 44.8 Å². The molecule has 0 amide bonds. The van der Waals surface area contributed by atoms with Gasteiger partial charge in [0.15, 0.2) is 0 Å². The quantitative estimate of drug-likeness (QED) is 0.162. The summed E-state index contributed by atoms with van der Waals surface area (Å²) in [4.78, 5) is 4.99. The summed E-state index contributed by atoms with van der Waals surface area (Å²) in [6.45, 7) is 5.29. The Morgan fingerprint density at radius 3 is 1.64 bits per heavy atom. The monoisotopic (exact) mass is 714 g/mol. The lowest BCUT2D eigenvalue weighted by molar-refractivity contribution is 0.796. The molecular weight excluding hydrogens is 677 g/mol. The number of nitrogens with zero attached hydrogens (tertiary/aromatic N) is 2. The van der Waals surface area contributed by atoms with E-state index in [2.05, 4.69) is 200 Å². The second kappa shape index (κ2) is 12.8. The van der Waals surface area contributed by atoms with Crippen molar-refractivity contribution in [1.82, 2.24) is 9.55 Å². The summed E-state index contributed by atoms with van der Waals surface area (Å²) in [6.07, 6.45) is 0. The van der Waals surface area contributed by atoms with Crippen LogP contribution in [0.2, 0.25) is 0 Å². The number of aryl methyl sites for hydroxylation is 2. The molecule has 11 rings (SSSR count). The molecule has 0 saturated carbocycles. The number of imidazole rings is 1. The van der Waals surface area contributed by atoms with E-state index >= 15 is 0 Å². The molecule has 11 aromatic rings. The van der Waals surface area contributed by atoms with Crippen LogP contribution in [0.15, 0.2) is 182 Å². The maximum absolute atomic E-state index is 4.99. The lowest BCUT2D eigenvalue weighted by Crippen LogP contribution is -1.97. The molecule has 0 bridgehead atoms. The summed E-state index contributed by atoms with van der Waals surface area (Å²) >= 11 is 0. The molecule has 0 atom stereocenters. The molecule has 264 valence electrons. The van der Waals surface area contributed by atoms with Gasteiger partial charge in [0.25, 0.3) is 0 Å². The van der Waals surface area contributed by atoms with Crippen LogP contribution >= 0.6 is 0 Å². The van der Waals surface area contributed by atoms with Crippen molar-refractivity contribution < 1.29 is 0 Å². The van der Waals surface area contributed by atoms with Gasteiger partial charge in [-0.25, -0.2) is 4.98 Å². The Morgan fingerprint density at radius 2 is 0.929 bits per heavy atom. The largest absolute Gasteiger partial charge is 0.324 e. The van der Waals surface area contributed by atoms with Crippen LogP contribution in [0.1, 0.15) is 12.5 Å². The van der Waals surface area contributed by atoms with Crippen LogP contribution in [0, 0.1) is 6.92 Å². The number of aromatic nitrogens is 2. The fourth-order valence-electron chi connectivity index (χ4n) is 9.12. The smallest absolute Gasteiger partial charge is 0.141 e. The maximum atomic E-state index is 4.99. The molecule has 0 aliphatic carbocycles. The van der Waals surface area contributed by atoms with E-state index < -0.39 is 0 Å². The van der Waals surface area contributed by atoms with Crippen LogP contribution in [-0.4, -0.2) is 9.55 Å². The summed E-state index contributed by atoms with van der Waals surface area (Å²) in [5.41, 5.74) is 12.1. The first-order valence-electron chi connectivity index (χ1n) is 19.6. The molecule has 0 aliphatic rings. The first kappa shape index (κ1) is 32.4. The normalized spacial score (nSPS) is 11.8. The van der Waals surface area contributed by atoms with Crippen molar-refractivity contribution >= 4 is 64.9 Å². The molecule has 2 nitrogen and oxygen atoms in total. The zero-order valence-corrected chi connectivity index (χ0v) is 31.4. The maximum Gasteiger partial charge on any atom is 0.141 e. The predicted molar refractivity (Wildman–Crippen MR) is 239 cm³/mol. The highest BCUT2D eigenvalue weighted by Crippen LogP contribution is 2.42. The highest BCUT2D eigenvalue weighted by Gasteiger charge is 2.15. The van der Waals surface area contributed by atoms with Crippen molar-refractivity contribution in [3.63, 3.8) is 0 Å². The Morgan fingerprint density at radius 1 is 0.411 bits per heavy atom. The molecule has 0 fully saturated rings. The Hall–Kier alpha value is -7.03. The lowest BCUT2D eigenvalue weighted by atomic mass is 9.88. The minimum absolute atomic E-state index is 0.878. The molecule has 1 aromatic heterocycles. The first-order chi connectivity index (χ1) is 27.6. The van der Waals surface area contributed by atoms with Gasteiger partial charge in [0.1, 0.15) is 5.82 Å². The third-order valence-corrected chi connectivity index (χ3v) is 11.9. The molecule has 10 aromatic carbocycles. The minimum Gasteiger partial charge on any atom is -0.324 e. The van der Waals surface area contributed by atoms with Gasteiger partial charge in [-0.05, 0) is 137 Å². The van der Waals surface area contributed by atoms with E-state index in [1.165, 1.54) is 98.3 Å². The zero-order valence-electron chi connectivity index (χ0n) is 31.4. The number of hydrogen-bond acceptors (Lipinski definition) is 1. The molecule has 1 heterocycles. The van der Waals surface area contributed by atoms with Crippen molar-refractivity contribution in [2.75, 3.05) is 0 Å². The fraction of sp³-hybridized carbons (Fsp3) is 0.0556. The van der Waals surface area contributed by atoms with E-state index in [9.17, 15) is 0 Å². The van der Waals surface area contributed by atoms with Crippen molar-refractivity contribution in [2.24, 2.45) is 0 Å². The third kappa shape index (κ3) is 5.14. The molecule has 0 N–H and O–H groups in total. The van der Waals surface area contributed by atoms with E-state index in [4.69, 9.17) is 4.98 Å². The molecular formula is C54H38N2. The van der Waals surface area contributed by atoms with Gasteiger partial charge in [-0.15, -0.1) is 0 Å². The van der Waals surface area contributed by atoms with E-state index in [-0.39, 0.29) is 0 Å². The van der Waals surface area contributed by atoms with Gasteiger partial charge in [0.2, 0.25) is 0 Å². The lowest BCUT2D eigenvalue weighted by Gasteiger charge is -2.16. The summed E-state index contributed by atoms with van der Waals surface area (Å²) < 4.78 is 2.30. The number of rotatable bonds is 5. The highest BCUT2D eigenvalue weighted by atomic mass is 15.1. The molecule has 0 aliphatic heterocycles. The number of benzene rings is 10. The molecule has 2 heteroatoms. The van der Waals surface area contributed by atoms with Gasteiger partial charge >= 0.3 is 0 Å². The second-order valence-electron chi connectivity index (χ2n) is 15.1. The van der Waals surface area contributed by atoms with Crippen molar-refractivity contribution in [3.05, 3.63) is 188 Å². The van der Waals surface area contributed by atoms with E-state index in [0.29, 0.717) is 0 Å². The Kier molecular flexibility index (Phi) is 7.40. The van der Waals surface area contributed by atoms with E-state index in [0.717, 1.165) is 23.4 Å². The predicted octanol–water partition coefficient (Wildman–Crippen LogP) is 14.8. The first-order valence-corrected chi connectivity index (χ1v) is 19.6. The molecule has 56 heavy (non-hydrogen) atoms. The number of fused-ring (bicyclic) bond motifs is 8. The van der Waals surface area contributed by atoms with Crippen molar-refractivity contribution in [2.45, 2.75) is 20.4 Å². The zero-order chi connectivity index (χ0) is 37.3. The van der Waals surface area contributed by atoms with Crippen LogP contribution in [0.4, 0.5) is 0 Å². The minimum atomic E-state index is 0.878. The summed E-state index contributed by atoms with van der Waals surface area (Å²) in [5, 5.41) is 12.7. The Labute approximate surface area is 325 Å². The van der Waals surface area contributed by atoms with Crippen molar-refractivity contribution in [1.29, 1.82) is 0 Å². The topological polar surface area (TPSA) is 17.8 Å². The van der Waals surface area contributed by atoms with Crippen LogP contribution in [-0.2, 0) is 6.54 Å². The SMILES string of the molecule is CCn1c(-c2ccc3cc(-c4ccc(-c5ccc6c(ccc7cccc(-c8cccc9ccc%10cccc(C)c%10c89)c76)c5)cc4)ccc3c2)nc2ccccc21. The average Bonchev–Trinajstić information content (AvgIpc) is 3.64. The highest BCUT2D eigenvalue weighted by molar-refractivity contribution is 6.21. The van der Waals surface area contributed by atoms with Gasteiger partial charge in [-0.3, -0.25) is 0 Å². The van der Waals surface area contributed by atoms with E-state index in [1.54, 1.807) is 0 Å². The van der Waals surface area contributed by atoms with Crippen LogP contribution in [0.25, 0.3) is 110 Å². The van der Waals surface area contributed by atoms with Gasteiger partial charge in [0.05, 0.1) is 11.0 Å². The van der Waals surface area contributed by atoms with Gasteiger partial charge < -0.3 is 4.57 Å². The molecule has 0 saturated heterocycles. The molecule has 0 unspecified atom stereocenters. The molecule has 0 radical (unpaired) electrons. The van der Waals surface area contributed by atoms with Gasteiger partial charge in [0, 0.05) is 12.1 Å². The number of hydrogen-bond donors (Lipinski definition) is 0. The Bertz CT molecular complexity index is 3350. The van der Waals surface area contributed by atoms with Crippen LogP contribution in [0.5, 0.6) is 0 Å². The number of para-hydroxylation sites is 2. The summed E-state index contributed by atoms with van der Waals surface area (Å²) in [7, 11) is 0. The van der Waals surface area contributed by atoms with Crippen LogP contribution in [0.3, 0.4) is 0 Å². The second-order valence-corrected chi connectivity index (χ2v) is 15.1. The summed E-state index contributed by atoms with van der Waals surface area (Å²) in [6, 6.07) is 67.1. The third-order valence-electron chi connectivity index (χ3n) is 11.9. The van der Waals surface area contributed by atoms with E-state index in [1.807, 2.05) is 0 Å². The van der Waals surface area contributed by atoms with Gasteiger partial charge in [-0.2, -0.15) is 0 Å². The fourth-order valence-corrected chi connectivity index (χ4v) is 9.12. The molecule has 0 spiro atoms. The van der Waals surface area contributed by atoms with Crippen LogP contribution < -0.4 is 0 Å². The van der Waals surface area contributed by atoms with Gasteiger partial charge in [-0.1, -0.05) is 152 Å². The average molecular weight is 715 g/mol. The standard InChI is InChI=1S/C54H38N2/c1-3-56-50-16-5-4-15-49(50)55-54(56)45-28-26-42-31-40(24-25-43(42)33-45)35-17-19-36(20-18-35)41-29-30-46-44(32-41)27-23-38-11-7-13-47(52(38)46)48-14-8-12-39-22-21-37-10-6-9-34(2)51(37)53(39)48/h4-33H,3H2,1-2H3. The summed E-state index contributed by atoms with van der Waals surface area (Å²) in [5.74, 6) is 1.02. The Balaban J connectivity index is 0.942.